The maximum atomic E-state index is 13.8. The van der Waals surface area contributed by atoms with E-state index in [-0.39, 0.29) is 16.4 Å². The zero-order valence-corrected chi connectivity index (χ0v) is 10.6. The highest BCUT2D eigenvalue weighted by Gasteiger charge is 2.21. The van der Waals surface area contributed by atoms with Gasteiger partial charge in [-0.1, -0.05) is 25.1 Å². The zero-order chi connectivity index (χ0) is 13.3. The minimum absolute atomic E-state index is 0.0742. The van der Waals surface area contributed by atoms with Crippen molar-refractivity contribution in [2.75, 3.05) is 5.73 Å². The number of rotatable bonds is 3. The van der Waals surface area contributed by atoms with Crippen molar-refractivity contribution in [3.05, 3.63) is 40.5 Å². The predicted molar refractivity (Wildman–Crippen MR) is 70.5 cm³/mol. The monoisotopic (exact) mass is 265 g/mol. The van der Waals surface area contributed by atoms with Crippen LogP contribution in [0.3, 0.4) is 0 Å². The van der Waals surface area contributed by atoms with Crippen molar-refractivity contribution < 1.29 is 14.3 Å². The van der Waals surface area contributed by atoms with Crippen molar-refractivity contribution in [3.8, 4) is 10.4 Å². The third-order valence-electron chi connectivity index (χ3n) is 2.71. The second-order valence-electron chi connectivity index (χ2n) is 3.79. The second kappa shape index (κ2) is 4.78. The number of hydrogen-bond donors (Lipinski definition) is 2. The molecule has 2 aromatic rings. The van der Waals surface area contributed by atoms with Gasteiger partial charge in [0.25, 0.3) is 0 Å². The first-order valence-electron chi connectivity index (χ1n) is 5.45. The predicted octanol–water partition coefficient (Wildman–Crippen LogP) is 3.40. The zero-order valence-electron chi connectivity index (χ0n) is 9.74. The molecule has 18 heavy (non-hydrogen) atoms. The number of anilines is 1. The third-order valence-corrected chi connectivity index (χ3v) is 3.98. The fourth-order valence-electron chi connectivity index (χ4n) is 1.85. The Hall–Kier alpha value is -1.88. The molecule has 0 aliphatic rings. The van der Waals surface area contributed by atoms with Gasteiger partial charge in [0.05, 0.1) is 5.69 Å². The van der Waals surface area contributed by atoms with Crippen LogP contribution in [0.2, 0.25) is 0 Å². The first-order chi connectivity index (χ1) is 8.56. The van der Waals surface area contributed by atoms with Gasteiger partial charge in [0.1, 0.15) is 10.7 Å². The van der Waals surface area contributed by atoms with Gasteiger partial charge in [-0.3, -0.25) is 0 Å². The molecule has 0 aliphatic heterocycles. The Morgan fingerprint density at radius 1 is 1.44 bits per heavy atom. The topological polar surface area (TPSA) is 63.3 Å². The standard InChI is InChI=1S/C13H12FNO2S/c1-2-7-10(15)12(13(16)17)18-11(7)8-5-3-4-6-9(8)14/h3-6H,2,15H2,1H3,(H,16,17). The summed E-state index contributed by atoms with van der Waals surface area (Å²) in [5.41, 5.74) is 7.15. The van der Waals surface area contributed by atoms with Gasteiger partial charge in [0, 0.05) is 10.4 Å². The average Bonchev–Trinajstić information content (AvgIpc) is 2.67. The van der Waals surface area contributed by atoms with E-state index in [2.05, 4.69) is 0 Å². The van der Waals surface area contributed by atoms with Gasteiger partial charge < -0.3 is 10.8 Å². The van der Waals surface area contributed by atoms with Gasteiger partial charge in [-0.15, -0.1) is 11.3 Å². The number of carboxylic acid groups (broad SMARTS) is 1. The summed E-state index contributed by atoms with van der Waals surface area (Å²) in [5.74, 6) is -1.44. The average molecular weight is 265 g/mol. The van der Waals surface area contributed by atoms with Crippen molar-refractivity contribution in [3.63, 3.8) is 0 Å². The Morgan fingerprint density at radius 2 is 2.11 bits per heavy atom. The van der Waals surface area contributed by atoms with Crippen molar-refractivity contribution >= 4 is 23.0 Å². The van der Waals surface area contributed by atoms with Crippen LogP contribution in [0.25, 0.3) is 10.4 Å². The molecule has 0 radical (unpaired) electrons. The summed E-state index contributed by atoms with van der Waals surface area (Å²) in [6, 6.07) is 6.30. The molecule has 0 saturated carbocycles. The molecule has 0 saturated heterocycles. The lowest BCUT2D eigenvalue weighted by Gasteiger charge is -2.03. The number of carboxylic acids is 1. The lowest BCUT2D eigenvalue weighted by molar-refractivity contribution is 0.0703. The number of aromatic carboxylic acids is 1. The van der Waals surface area contributed by atoms with E-state index in [9.17, 15) is 9.18 Å². The van der Waals surface area contributed by atoms with Crippen molar-refractivity contribution in [2.45, 2.75) is 13.3 Å². The van der Waals surface area contributed by atoms with Crippen molar-refractivity contribution in [1.82, 2.24) is 0 Å². The van der Waals surface area contributed by atoms with E-state index in [0.717, 1.165) is 11.3 Å². The van der Waals surface area contributed by atoms with Crippen LogP contribution in [-0.2, 0) is 6.42 Å². The van der Waals surface area contributed by atoms with E-state index in [0.29, 0.717) is 22.4 Å². The first-order valence-corrected chi connectivity index (χ1v) is 6.27. The van der Waals surface area contributed by atoms with Crippen molar-refractivity contribution in [2.24, 2.45) is 0 Å². The highest BCUT2D eigenvalue weighted by atomic mass is 32.1. The number of hydrogen-bond acceptors (Lipinski definition) is 3. The Bertz CT molecular complexity index is 607. The summed E-state index contributed by atoms with van der Waals surface area (Å²) >= 11 is 1.02. The number of benzene rings is 1. The number of nitrogens with two attached hydrogens (primary N) is 1. The van der Waals surface area contributed by atoms with Gasteiger partial charge in [-0.05, 0) is 18.1 Å². The molecule has 2 rings (SSSR count). The second-order valence-corrected chi connectivity index (χ2v) is 4.81. The molecule has 1 aromatic heterocycles. The van der Waals surface area contributed by atoms with Crippen LogP contribution in [0.1, 0.15) is 22.2 Å². The minimum atomic E-state index is -1.07. The summed E-state index contributed by atoms with van der Waals surface area (Å²) in [5, 5.41) is 9.05. The van der Waals surface area contributed by atoms with Crippen LogP contribution in [-0.4, -0.2) is 11.1 Å². The summed E-state index contributed by atoms with van der Waals surface area (Å²) in [6.45, 7) is 1.87. The van der Waals surface area contributed by atoms with E-state index in [1.54, 1.807) is 18.2 Å². The molecule has 5 heteroatoms. The van der Waals surface area contributed by atoms with Crippen LogP contribution >= 0.6 is 11.3 Å². The number of thiophene rings is 1. The molecule has 0 spiro atoms. The van der Waals surface area contributed by atoms with Crippen LogP contribution in [0, 0.1) is 5.82 Å². The van der Waals surface area contributed by atoms with Crippen LogP contribution < -0.4 is 5.73 Å². The summed E-state index contributed by atoms with van der Waals surface area (Å²) in [4.78, 5) is 11.7. The smallest absolute Gasteiger partial charge is 0.348 e. The molecular formula is C13H12FNO2S. The first kappa shape index (κ1) is 12.6. The van der Waals surface area contributed by atoms with Gasteiger partial charge in [0.15, 0.2) is 0 Å². The lowest BCUT2D eigenvalue weighted by atomic mass is 10.1. The highest BCUT2D eigenvalue weighted by Crippen LogP contribution is 2.39. The SMILES string of the molecule is CCc1c(-c2ccccc2F)sc(C(=O)O)c1N. The largest absolute Gasteiger partial charge is 0.477 e. The van der Waals surface area contributed by atoms with Crippen LogP contribution in [0.4, 0.5) is 10.1 Å². The molecule has 1 aromatic carbocycles. The molecule has 0 amide bonds. The minimum Gasteiger partial charge on any atom is -0.477 e. The molecule has 0 fully saturated rings. The third kappa shape index (κ3) is 1.97. The normalized spacial score (nSPS) is 10.6. The maximum Gasteiger partial charge on any atom is 0.348 e. The van der Waals surface area contributed by atoms with Crippen LogP contribution in [0.5, 0.6) is 0 Å². The number of carbonyl (C=O) groups is 1. The van der Waals surface area contributed by atoms with Crippen LogP contribution in [0.15, 0.2) is 24.3 Å². The fraction of sp³-hybridized carbons (Fsp3) is 0.154. The van der Waals surface area contributed by atoms with Gasteiger partial charge in [-0.2, -0.15) is 0 Å². The Morgan fingerprint density at radius 3 is 2.67 bits per heavy atom. The Balaban J connectivity index is 2.68. The fourth-order valence-corrected chi connectivity index (χ4v) is 3.03. The number of halogens is 1. The summed E-state index contributed by atoms with van der Waals surface area (Å²) in [6.07, 6.45) is 0.569. The molecule has 0 unspecified atom stereocenters. The molecule has 0 atom stereocenters. The van der Waals surface area contributed by atoms with E-state index >= 15 is 0 Å². The van der Waals surface area contributed by atoms with E-state index in [4.69, 9.17) is 10.8 Å². The van der Waals surface area contributed by atoms with E-state index in [1.165, 1.54) is 6.07 Å². The van der Waals surface area contributed by atoms with Gasteiger partial charge >= 0.3 is 5.97 Å². The van der Waals surface area contributed by atoms with Gasteiger partial charge in [-0.25, -0.2) is 9.18 Å². The molecule has 0 aliphatic carbocycles. The quantitative estimate of drug-likeness (QED) is 0.894. The molecule has 0 bridgehead atoms. The maximum absolute atomic E-state index is 13.8. The molecule has 3 N–H and O–H groups in total. The van der Waals surface area contributed by atoms with E-state index < -0.39 is 5.97 Å². The van der Waals surface area contributed by atoms with Crippen molar-refractivity contribution in [1.29, 1.82) is 0 Å². The summed E-state index contributed by atoms with van der Waals surface area (Å²) in [7, 11) is 0. The Labute approximate surface area is 108 Å². The molecule has 3 nitrogen and oxygen atoms in total. The lowest BCUT2D eigenvalue weighted by Crippen LogP contribution is -1.99. The summed E-state index contributed by atoms with van der Waals surface area (Å²) < 4.78 is 13.8. The number of nitrogen functional groups attached to an aromatic ring is 1. The molecule has 1 heterocycles. The molecular weight excluding hydrogens is 253 g/mol. The highest BCUT2D eigenvalue weighted by molar-refractivity contribution is 7.18. The molecule has 94 valence electrons. The van der Waals surface area contributed by atoms with E-state index in [1.807, 2.05) is 6.92 Å². The Kier molecular flexibility index (Phi) is 3.34. The van der Waals surface area contributed by atoms with Gasteiger partial charge in [0.2, 0.25) is 0 Å².